The molecule has 0 fully saturated rings. The first-order chi connectivity index (χ1) is 10.0. The van der Waals surface area contributed by atoms with E-state index in [1.165, 1.54) is 19.2 Å². The largest absolute Gasteiger partial charge is 0.493 e. The van der Waals surface area contributed by atoms with Crippen LogP contribution >= 0.6 is 0 Å². The number of rotatable bonds is 6. The van der Waals surface area contributed by atoms with Gasteiger partial charge in [0.05, 0.1) is 18.1 Å². The fraction of sp³-hybridized carbons (Fsp3) is 0.333. The van der Waals surface area contributed by atoms with E-state index in [0.717, 1.165) is 0 Å². The number of aromatic nitrogens is 2. The van der Waals surface area contributed by atoms with Gasteiger partial charge in [0.1, 0.15) is 0 Å². The summed E-state index contributed by atoms with van der Waals surface area (Å²) < 4.78 is 15.5. The smallest absolute Gasteiger partial charge is 0.277 e. The van der Waals surface area contributed by atoms with E-state index in [9.17, 15) is 10.1 Å². The van der Waals surface area contributed by atoms with E-state index in [1.54, 1.807) is 6.92 Å². The van der Waals surface area contributed by atoms with Gasteiger partial charge < -0.3 is 19.7 Å². The minimum absolute atomic E-state index is 0.0175. The zero-order valence-electron chi connectivity index (χ0n) is 11.5. The molecule has 2 rings (SSSR count). The molecular weight excluding hydrogens is 280 g/mol. The van der Waals surface area contributed by atoms with E-state index in [0.29, 0.717) is 17.1 Å². The molecule has 0 aliphatic rings. The quantitative estimate of drug-likeness (QED) is 0.624. The van der Waals surface area contributed by atoms with Gasteiger partial charge in [-0.2, -0.15) is 4.98 Å². The Bertz CT molecular complexity index is 655. The zero-order chi connectivity index (χ0) is 15.4. The topological polar surface area (TPSA) is 127 Å². The molecule has 0 atom stereocenters. The maximum absolute atomic E-state index is 11.0. The minimum Gasteiger partial charge on any atom is -0.493 e. The molecule has 1 aromatic heterocycles. The lowest BCUT2D eigenvalue weighted by Crippen LogP contribution is -2.05. The predicted molar refractivity (Wildman–Crippen MR) is 70.9 cm³/mol. The standard InChI is InChI=1S/C12H14N4O5/c1-7-14-12(21-15-7)6-20-11-4-9(16(17)18)8(5-13)3-10(11)19-2/h3-4H,5-6,13H2,1-2H3. The summed E-state index contributed by atoms with van der Waals surface area (Å²) in [6.45, 7) is 1.68. The molecule has 9 heteroatoms. The third kappa shape index (κ3) is 3.26. The summed E-state index contributed by atoms with van der Waals surface area (Å²) in [4.78, 5) is 14.5. The SMILES string of the molecule is COc1cc(CN)c([N+](=O)[O-])cc1OCc1nc(C)no1. The highest BCUT2D eigenvalue weighted by Crippen LogP contribution is 2.34. The normalized spacial score (nSPS) is 10.4. The summed E-state index contributed by atoms with van der Waals surface area (Å²) in [5.41, 5.74) is 5.73. The highest BCUT2D eigenvalue weighted by molar-refractivity contribution is 5.54. The lowest BCUT2D eigenvalue weighted by Gasteiger charge is -2.11. The number of ether oxygens (including phenoxy) is 2. The van der Waals surface area contributed by atoms with Crippen LogP contribution in [0.1, 0.15) is 17.3 Å². The van der Waals surface area contributed by atoms with Crippen LogP contribution in [0.15, 0.2) is 16.7 Å². The van der Waals surface area contributed by atoms with Gasteiger partial charge in [-0.05, 0) is 13.0 Å². The van der Waals surface area contributed by atoms with Crippen LogP contribution in [0.4, 0.5) is 5.69 Å². The molecule has 0 spiro atoms. The van der Waals surface area contributed by atoms with Crippen LogP contribution in [0.25, 0.3) is 0 Å². The molecular formula is C12H14N4O5. The number of nitrogens with zero attached hydrogens (tertiary/aromatic N) is 3. The van der Waals surface area contributed by atoms with Crippen molar-refractivity contribution in [1.29, 1.82) is 0 Å². The molecule has 0 aliphatic heterocycles. The molecule has 2 N–H and O–H groups in total. The van der Waals surface area contributed by atoms with Gasteiger partial charge in [0.25, 0.3) is 11.6 Å². The molecule has 1 heterocycles. The Morgan fingerprint density at radius 3 is 2.71 bits per heavy atom. The first kappa shape index (κ1) is 14.7. The van der Waals surface area contributed by atoms with Crippen LogP contribution < -0.4 is 15.2 Å². The highest BCUT2D eigenvalue weighted by Gasteiger charge is 2.19. The van der Waals surface area contributed by atoms with Crippen LogP contribution in [0.5, 0.6) is 11.5 Å². The Morgan fingerprint density at radius 2 is 2.19 bits per heavy atom. The molecule has 0 unspecified atom stereocenters. The summed E-state index contributed by atoms with van der Waals surface area (Å²) in [5.74, 6) is 1.29. The fourth-order valence-electron chi connectivity index (χ4n) is 1.74. The molecule has 1 aromatic carbocycles. The Labute approximate surface area is 119 Å². The van der Waals surface area contributed by atoms with Gasteiger partial charge in [0.2, 0.25) is 0 Å². The molecule has 112 valence electrons. The molecule has 2 aromatic rings. The second-order valence-corrected chi connectivity index (χ2v) is 4.12. The third-order valence-corrected chi connectivity index (χ3v) is 2.70. The van der Waals surface area contributed by atoms with Gasteiger partial charge in [0, 0.05) is 12.1 Å². The number of methoxy groups -OCH3 is 1. The second-order valence-electron chi connectivity index (χ2n) is 4.12. The number of hydrogen-bond donors (Lipinski definition) is 1. The van der Waals surface area contributed by atoms with Crippen molar-refractivity contribution in [2.24, 2.45) is 5.73 Å². The van der Waals surface area contributed by atoms with Gasteiger partial charge in [-0.15, -0.1) is 0 Å². The molecule has 0 saturated heterocycles. The van der Waals surface area contributed by atoms with Crippen molar-refractivity contribution in [3.05, 3.63) is 39.5 Å². The van der Waals surface area contributed by atoms with Crippen molar-refractivity contribution >= 4 is 5.69 Å². The zero-order valence-corrected chi connectivity index (χ0v) is 11.5. The van der Waals surface area contributed by atoms with Gasteiger partial charge >= 0.3 is 0 Å². The number of nitro benzene ring substituents is 1. The Balaban J connectivity index is 2.28. The van der Waals surface area contributed by atoms with Crippen LogP contribution in [-0.4, -0.2) is 22.2 Å². The fourth-order valence-corrected chi connectivity index (χ4v) is 1.74. The molecule has 0 bridgehead atoms. The lowest BCUT2D eigenvalue weighted by molar-refractivity contribution is -0.385. The summed E-state index contributed by atoms with van der Waals surface area (Å²) in [5, 5.41) is 14.6. The monoisotopic (exact) mass is 294 g/mol. The van der Waals surface area contributed by atoms with Crippen molar-refractivity contribution in [2.45, 2.75) is 20.1 Å². The Hall–Kier alpha value is -2.68. The number of hydrogen-bond acceptors (Lipinski definition) is 8. The predicted octanol–water partition coefficient (Wildman–Crippen LogP) is 1.33. The van der Waals surface area contributed by atoms with E-state index < -0.39 is 4.92 Å². The van der Waals surface area contributed by atoms with Crippen molar-refractivity contribution in [3.63, 3.8) is 0 Å². The molecule has 0 radical (unpaired) electrons. The number of benzene rings is 1. The number of aryl methyl sites for hydroxylation is 1. The average molecular weight is 294 g/mol. The molecule has 9 nitrogen and oxygen atoms in total. The van der Waals surface area contributed by atoms with Crippen molar-refractivity contribution in [3.8, 4) is 11.5 Å². The molecule has 0 aliphatic carbocycles. The van der Waals surface area contributed by atoms with Crippen LogP contribution in [0.3, 0.4) is 0 Å². The van der Waals surface area contributed by atoms with Crippen LogP contribution in [0, 0.1) is 17.0 Å². The van der Waals surface area contributed by atoms with Gasteiger partial charge in [0.15, 0.2) is 23.9 Å². The Kier molecular flexibility index (Phi) is 4.33. The molecule has 0 saturated carbocycles. The van der Waals surface area contributed by atoms with Gasteiger partial charge in [-0.3, -0.25) is 10.1 Å². The van der Waals surface area contributed by atoms with Gasteiger partial charge in [-0.25, -0.2) is 0 Å². The summed E-state index contributed by atoms with van der Waals surface area (Å²) in [6.07, 6.45) is 0. The number of nitrogens with two attached hydrogens (primary N) is 1. The van der Waals surface area contributed by atoms with Crippen molar-refractivity contribution in [1.82, 2.24) is 10.1 Å². The van der Waals surface area contributed by atoms with E-state index in [2.05, 4.69) is 10.1 Å². The van der Waals surface area contributed by atoms with Crippen molar-refractivity contribution in [2.75, 3.05) is 7.11 Å². The molecule has 21 heavy (non-hydrogen) atoms. The van der Waals surface area contributed by atoms with Crippen LogP contribution in [0.2, 0.25) is 0 Å². The second kappa shape index (κ2) is 6.18. The summed E-state index contributed by atoms with van der Waals surface area (Å²) in [7, 11) is 1.44. The molecule has 0 amide bonds. The minimum atomic E-state index is -0.522. The first-order valence-electron chi connectivity index (χ1n) is 6.02. The van der Waals surface area contributed by atoms with E-state index in [1.807, 2.05) is 0 Å². The average Bonchev–Trinajstić information content (AvgIpc) is 2.89. The van der Waals surface area contributed by atoms with Gasteiger partial charge in [-0.1, -0.05) is 5.16 Å². The van der Waals surface area contributed by atoms with E-state index in [-0.39, 0.29) is 30.5 Å². The maximum atomic E-state index is 11.0. The van der Waals surface area contributed by atoms with E-state index in [4.69, 9.17) is 19.7 Å². The Morgan fingerprint density at radius 1 is 1.43 bits per heavy atom. The van der Waals surface area contributed by atoms with Crippen LogP contribution in [-0.2, 0) is 13.2 Å². The van der Waals surface area contributed by atoms with E-state index >= 15 is 0 Å². The maximum Gasteiger partial charge on any atom is 0.277 e. The van der Waals surface area contributed by atoms with Crippen molar-refractivity contribution < 1.29 is 18.9 Å². The summed E-state index contributed by atoms with van der Waals surface area (Å²) in [6, 6.07) is 2.75. The first-order valence-corrected chi connectivity index (χ1v) is 6.02. The lowest BCUT2D eigenvalue weighted by atomic mass is 10.1. The number of nitro groups is 1. The highest BCUT2D eigenvalue weighted by atomic mass is 16.6. The third-order valence-electron chi connectivity index (χ3n) is 2.70. The summed E-state index contributed by atoms with van der Waals surface area (Å²) >= 11 is 0.